The minimum Gasteiger partial charge on any atom is -0.289 e. The maximum Gasteiger partial charge on any atom is 0.453 e. The second kappa shape index (κ2) is 4.09. The summed E-state index contributed by atoms with van der Waals surface area (Å²) < 4.78 is 48.1. The van der Waals surface area contributed by atoms with Gasteiger partial charge in [0.15, 0.2) is 0 Å². The molecule has 1 aromatic heterocycles. The standard InChI is InChI=1S/C8H4F4O2S/c9-5(7(14)8(10,11)12)6(13)4-2-1-3-15-4/h1-3,5H. The quantitative estimate of drug-likeness (QED) is 0.462. The van der Waals surface area contributed by atoms with Crippen molar-refractivity contribution in [1.29, 1.82) is 0 Å². The Morgan fingerprint density at radius 3 is 2.33 bits per heavy atom. The molecule has 1 atom stereocenters. The summed E-state index contributed by atoms with van der Waals surface area (Å²) in [6, 6.07) is 2.53. The molecule has 0 spiro atoms. The van der Waals surface area contributed by atoms with Crippen LogP contribution in [0.5, 0.6) is 0 Å². The van der Waals surface area contributed by atoms with Crippen LogP contribution < -0.4 is 0 Å². The largest absolute Gasteiger partial charge is 0.453 e. The van der Waals surface area contributed by atoms with Gasteiger partial charge in [0.1, 0.15) is 0 Å². The molecule has 82 valence electrons. The maximum absolute atomic E-state index is 12.8. The molecule has 1 heterocycles. The van der Waals surface area contributed by atoms with E-state index in [1.54, 1.807) is 0 Å². The predicted molar refractivity (Wildman–Crippen MR) is 44.6 cm³/mol. The van der Waals surface area contributed by atoms with Gasteiger partial charge in [0, 0.05) is 0 Å². The van der Waals surface area contributed by atoms with E-state index in [0.29, 0.717) is 0 Å². The van der Waals surface area contributed by atoms with Crippen LogP contribution in [0.3, 0.4) is 0 Å². The SMILES string of the molecule is O=C(c1cccs1)C(F)C(=O)C(F)(F)F. The molecule has 0 fully saturated rings. The number of hydrogen-bond acceptors (Lipinski definition) is 3. The summed E-state index contributed by atoms with van der Waals surface area (Å²) in [5.41, 5.74) is 0. The van der Waals surface area contributed by atoms with Gasteiger partial charge in [0.25, 0.3) is 5.78 Å². The summed E-state index contributed by atoms with van der Waals surface area (Å²) in [6.45, 7) is 0. The number of rotatable bonds is 3. The van der Waals surface area contributed by atoms with Gasteiger partial charge in [0.05, 0.1) is 4.88 Å². The molecule has 0 amide bonds. The molecular weight excluding hydrogens is 236 g/mol. The molecular formula is C8H4F4O2S. The molecule has 15 heavy (non-hydrogen) atoms. The van der Waals surface area contributed by atoms with Crippen LogP contribution in [0.2, 0.25) is 0 Å². The van der Waals surface area contributed by atoms with Crippen molar-refractivity contribution in [1.82, 2.24) is 0 Å². The molecule has 0 radical (unpaired) electrons. The highest BCUT2D eigenvalue weighted by molar-refractivity contribution is 7.12. The van der Waals surface area contributed by atoms with Crippen LogP contribution in [0.25, 0.3) is 0 Å². The Hall–Kier alpha value is -1.24. The fraction of sp³-hybridized carbons (Fsp3) is 0.250. The molecule has 1 aromatic rings. The molecule has 1 unspecified atom stereocenters. The Balaban J connectivity index is 2.83. The van der Waals surface area contributed by atoms with Crippen molar-refractivity contribution in [3.63, 3.8) is 0 Å². The van der Waals surface area contributed by atoms with Crippen LogP contribution in [-0.2, 0) is 4.79 Å². The molecule has 0 aliphatic rings. The zero-order valence-corrected chi connectivity index (χ0v) is 7.86. The normalized spacial score (nSPS) is 13.6. The Labute approximate surface area is 85.5 Å². The van der Waals surface area contributed by atoms with Crippen molar-refractivity contribution in [2.45, 2.75) is 12.3 Å². The molecule has 0 aliphatic heterocycles. The summed E-state index contributed by atoms with van der Waals surface area (Å²) in [7, 11) is 0. The first kappa shape index (κ1) is 11.8. The van der Waals surface area contributed by atoms with E-state index in [4.69, 9.17) is 0 Å². The Morgan fingerprint density at radius 1 is 1.33 bits per heavy atom. The first-order chi connectivity index (χ1) is 6.84. The number of carbonyl (C=O) groups is 2. The van der Waals surface area contributed by atoms with Crippen molar-refractivity contribution in [3.05, 3.63) is 22.4 Å². The monoisotopic (exact) mass is 240 g/mol. The van der Waals surface area contributed by atoms with Crippen LogP contribution in [-0.4, -0.2) is 23.9 Å². The highest BCUT2D eigenvalue weighted by atomic mass is 32.1. The number of hydrogen-bond donors (Lipinski definition) is 0. The summed E-state index contributed by atoms with van der Waals surface area (Å²) in [6.07, 6.45) is -8.49. The van der Waals surface area contributed by atoms with Gasteiger partial charge >= 0.3 is 6.18 Å². The van der Waals surface area contributed by atoms with Gasteiger partial charge in [-0.25, -0.2) is 4.39 Å². The van der Waals surface area contributed by atoms with E-state index in [2.05, 4.69) is 0 Å². The molecule has 7 heteroatoms. The average Bonchev–Trinajstić information content (AvgIpc) is 2.65. The summed E-state index contributed by atoms with van der Waals surface area (Å²) in [4.78, 5) is 21.2. The molecule has 0 aliphatic carbocycles. The van der Waals surface area contributed by atoms with Crippen molar-refractivity contribution < 1.29 is 27.2 Å². The second-order valence-electron chi connectivity index (χ2n) is 2.57. The topological polar surface area (TPSA) is 34.1 Å². The number of alkyl halides is 4. The number of halogens is 4. The first-order valence-corrected chi connectivity index (χ1v) is 4.55. The van der Waals surface area contributed by atoms with Crippen molar-refractivity contribution in [3.8, 4) is 0 Å². The van der Waals surface area contributed by atoms with Crippen molar-refractivity contribution in [2.75, 3.05) is 0 Å². The number of ketones is 2. The van der Waals surface area contributed by atoms with Gasteiger partial charge in [0.2, 0.25) is 12.0 Å². The minimum atomic E-state index is -5.33. The van der Waals surface area contributed by atoms with Crippen molar-refractivity contribution in [2.24, 2.45) is 0 Å². The lowest BCUT2D eigenvalue weighted by atomic mass is 10.1. The van der Waals surface area contributed by atoms with E-state index in [-0.39, 0.29) is 4.88 Å². The van der Waals surface area contributed by atoms with E-state index < -0.39 is 23.9 Å². The lowest BCUT2D eigenvalue weighted by molar-refractivity contribution is -0.174. The van der Waals surface area contributed by atoms with Crippen LogP contribution in [0.4, 0.5) is 17.6 Å². The number of Topliss-reactive ketones (excluding diaryl/α,β-unsaturated/α-hetero) is 2. The Kier molecular flexibility index (Phi) is 3.23. The third kappa shape index (κ3) is 2.62. The molecule has 0 bridgehead atoms. The molecule has 2 nitrogen and oxygen atoms in total. The van der Waals surface area contributed by atoms with Gasteiger partial charge in [-0.2, -0.15) is 13.2 Å². The third-order valence-electron chi connectivity index (χ3n) is 1.50. The van der Waals surface area contributed by atoms with E-state index >= 15 is 0 Å². The lowest BCUT2D eigenvalue weighted by Gasteiger charge is -2.07. The van der Waals surface area contributed by atoms with Gasteiger partial charge < -0.3 is 0 Å². The number of thiophene rings is 1. The fourth-order valence-corrected chi connectivity index (χ4v) is 1.49. The highest BCUT2D eigenvalue weighted by Crippen LogP contribution is 2.22. The maximum atomic E-state index is 12.8. The number of carbonyl (C=O) groups excluding carboxylic acids is 2. The second-order valence-corrected chi connectivity index (χ2v) is 3.51. The van der Waals surface area contributed by atoms with Gasteiger partial charge in [-0.3, -0.25) is 9.59 Å². The zero-order valence-electron chi connectivity index (χ0n) is 7.05. The van der Waals surface area contributed by atoms with E-state index in [1.807, 2.05) is 0 Å². The lowest BCUT2D eigenvalue weighted by Crippen LogP contribution is -2.36. The minimum absolute atomic E-state index is 0.208. The smallest absolute Gasteiger partial charge is 0.289 e. The first-order valence-electron chi connectivity index (χ1n) is 3.67. The molecule has 0 N–H and O–H groups in total. The summed E-state index contributed by atoms with van der Waals surface area (Å²) in [5, 5.41) is 1.40. The van der Waals surface area contributed by atoms with Gasteiger partial charge in [-0.05, 0) is 11.4 Å². The molecule has 0 saturated heterocycles. The van der Waals surface area contributed by atoms with E-state index in [9.17, 15) is 27.2 Å². The van der Waals surface area contributed by atoms with Crippen LogP contribution >= 0.6 is 11.3 Å². The summed E-state index contributed by atoms with van der Waals surface area (Å²) in [5.74, 6) is -4.12. The van der Waals surface area contributed by atoms with Crippen LogP contribution in [0.15, 0.2) is 17.5 Å². The Bertz CT molecular complexity index is 368. The average molecular weight is 240 g/mol. The van der Waals surface area contributed by atoms with E-state index in [0.717, 1.165) is 17.4 Å². The molecule has 1 rings (SSSR count). The predicted octanol–water partition coefficient (Wildman–Crippen LogP) is 2.40. The van der Waals surface area contributed by atoms with Gasteiger partial charge in [-0.15, -0.1) is 11.3 Å². The third-order valence-corrected chi connectivity index (χ3v) is 2.39. The highest BCUT2D eigenvalue weighted by Gasteiger charge is 2.47. The van der Waals surface area contributed by atoms with Crippen LogP contribution in [0.1, 0.15) is 9.67 Å². The summed E-state index contributed by atoms with van der Waals surface area (Å²) >= 11 is 0.778. The molecule has 0 aromatic carbocycles. The Morgan fingerprint density at radius 2 is 1.93 bits per heavy atom. The van der Waals surface area contributed by atoms with Crippen molar-refractivity contribution >= 4 is 22.9 Å². The zero-order chi connectivity index (χ0) is 11.6. The van der Waals surface area contributed by atoms with Gasteiger partial charge in [-0.1, -0.05) is 6.07 Å². The van der Waals surface area contributed by atoms with E-state index in [1.165, 1.54) is 11.4 Å². The molecule has 0 saturated carbocycles. The van der Waals surface area contributed by atoms with Crippen LogP contribution in [0, 0.1) is 0 Å². The fourth-order valence-electron chi connectivity index (χ4n) is 0.806.